The molecule has 2 aromatic carbocycles. The van der Waals surface area contributed by atoms with E-state index < -0.39 is 43.0 Å². The van der Waals surface area contributed by atoms with Gasteiger partial charge < -0.3 is 28.8 Å². The van der Waals surface area contributed by atoms with Crippen molar-refractivity contribution in [1.82, 2.24) is 0 Å². The second kappa shape index (κ2) is 8.38. The SMILES string of the molecule is CO[C@@H]1O[C@@H]2COC(c3ccccc3)O[C@@H]2[C@H](OC(=O)c2ccccc2)[C@H]1O. The predicted octanol–water partition coefficient (Wildman–Crippen LogP) is 2.06. The molecule has 0 saturated carbocycles. The molecule has 7 heteroatoms. The number of rotatable bonds is 4. The average molecular weight is 386 g/mol. The van der Waals surface area contributed by atoms with Crippen molar-refractivity contribution in [2.24, 2.45) is 0 Å². The molecule has 0 radical (unpaired) electrons. The molecule has 7 nitrogen and oxygen atoms in total. The van der Waals surface area contributed by atoms with Crippen LogP contribution in [-0.2, 0) is 23.7 Å². The van der Waals surface area contributed by atoms with Crippen LogP contribution in [0.5, 0.6) is 0 Å². The Bertz CT molecular complexity index is 782. The van der Waals surface area contributed by atoms with Gasteiger partial charge in [0, 0.05) is 12.7 Å². The molecule has 0 amide bonds. The molecule has 1 unspecified atom stereocenters. The van der Waals surface area contributed by atoms with E-state index in [1.807, 2.05) is 36.4 Å². The van der Waals surface area contributed by atoms with Crippen LogP contribution >= 0.6 is 0 Å². The average Bonchev–Trinajstić information content (AvgIpc) is 2.76. The van der Waals surface area contributed by atoms with Crippen LogP contribution in [-0.4, -0.2) is 55.5 Å². The van der Waals surface area contributed by atoms with Crippen molar-refractivity contribution < 1.29 is 33.6 Å². The quantitative estimate of drug-likeness (QED) is 0.806. The second-order valence-electron chi connectivity index (χ2n) is 6.68. The van der Waals surface area contributed by atoms with E-state index in [9.17, 15) is 9.90 Å². The van der Waals surface area contributed by atoms with Crippen molar-refractivity contribution in [3.8, 4) is 0 Å². The summed E-state index contributed by atoms with van der Waals surface area (Å²) in [6.45, 7) is 0.218. The summed E-state index contributed by atoms with van der Waals surface area (Å²) < 4.78 is 28.4. The topological polar surface area (TPSA) is 83.5 Å². The monoisotopic (exact) mass is 386 g/mol. The molecular formula is C21H22O7. The molecule has 148 valence electrons. The Morgan fingerprint density at radius 1 is 1.04 bits per heavy atom. The third-order valence-corrected chi connectivity index (χ3v) is 4.86. The van der Waals surface area contributed by atoms with Gasteiger partial charge in [0.25, 0.3) is 0 Å². The Hall–Kier alpha value is -2.29. The standard InChI is InChI=1S/C21H22O7/c1-24-21-16(22)18(27-19(23)13-8-4-2-5-9-13)17-15(26-21)12-25-20(28-17)14-10-6-3-7-11-14/h2-11,15-18,20-22H,12H2,1H3/t15-,16-,17+,18-,20?,21-/m1/s1. The first-order chi connectivity index (χ1) is 13.7. The molecule has 2 heterocycles. The lowest BCUT2D eigenvalue weighted by Gasteiger charge is -2.47. The van der Waals surface area contributed by atoms with Crippen molar-refractivity contribution in [2.75, 3.05) is 13.7 Å². The summed E-state index contributed by atoms with van der Waals surface area (Å²) in [6.07, 6.45) is -5.00. The van der Waals surface area contributed by atoms with Crippen molar-refractivity contribution in [3.05, 3.63) is 71.8 Å². The Morgan fingerprint density at radius 2 is 1.71 bits per heavy atom. The molecular weight excluding hydrogens is 364 g/mol. The van der Waals surface area contributed by atoms with Gasteiger partial charge in [-0.1, -0.05) is 48.5 Å². The minimum Gasteiger partial charge on any atom is -0.453 e. The number of aliphatic hydroxyl groups excluding tert-OH is 1. The van der Waals surface area contributed by atoms with E-state index in [-0.39, 0.29) is 6.61 Å². The van der Waals surface area contributed by atoms with Crippen LogP contribution in [0.15, 0.2) is 60.7 Å². The Morgan fingerprint density at radius 3 is 2.39 bits per heavy atom. The third kappa shape index (κ3) is 3.80. The van der Waals surface area contributed by atoms with Gasteiger partial charge in [0.1, 0.15) is 18.3 Å². The summed E-state index contributed by atoms with van der Waals surface area (Å²) >= 11 is 0. The number of hydrogen-bond donors (Lipinski definition) is 1. The summed E-state index contributed by atoms with van der Waals surface area (Å²) in [4.78, 5) is 12.6. The molecule has 6 atom stereocenters. The fraction of sp³-hybridized carbons (Fsp3) is 0.381. The summed E-state index contributed by atoms with van der Waals surface area (Å²) in [7, 11) is 1.42. The zero-order chi connectivity index (χ0) is 19.5. The second-order valence-corrected chi connectivity index (χ2v) is 6.68. The maximum absolute atomic E-state index is 12.6. The van der Waals surface area contributed by atoms with Crippen molar-refractivity contribution in [3.63, 3.8) is 0 Å². The highest BCUT2D eigenvalue weighted by molar-refractivity contribution is 5.89. The maximum Gasteiger partial charge on any atom is 0.338 e. The van der Waals surface area contributed by atoms with Crippen molar-refractivity contribution in [2.45, 2.75) is 37.0 Å². The van der Waals surface area contributed by atoms with Crippen LogP contribution in [0.1, 0.15) is 22.2 Å². The number of fused-ring (bicyclic) bond motifs is 1. The van der Waals surface area contributed by atoms with Gasteiger partial charge in [-0.05, 0) is 12.1 Å². The van der Waals surface area contributed by atoms with Gasteiger partial charge in [0.05, 0.1) is 12.2 Å². The van der Waals surface area contributed by atoms with Crippen LogP contribution in [0.4, 0.5) is 0 Å². The number of esters is 1. The first kappa shape index (κ1) is 19.0. The van der Waals surface area contributed by atoms with Gasteiger partial charge in [-0.15, -0.1) is 0 Å². The molecule has 2 aliphatic heterocycles. The number of hydrogen-bond acceptors (Lipinski definition) is 7. The number of carbonyl (C=O) groups is 1. The van der Waals surface area contributed by atoms with Gasteiger partial charge in [0.2, 0.25) is 0 Å². The number of methoxy groups -OCH3 is 1. The molecule has 0 spiro atoms. The van der Waals surface area contributed by atoms with E-state index in [0.717, 1.165) is 5.56 Å². The summed E-state index contributed by atoms with van der Waals surface area (Å²) in [5.74, 6) is -0.550. The lowest BCUT2D eigenvalue weighted by molar-refractivity contribution is -0.357. The van der Waals surface area contributed by atoms with Crippen molar-refractivity contribution >= 4 is 5.97 Å². The molecule has 4 rings (SSSR count). The number of carbonyl (C=O) groups excluding carboxylic acids is 1. The van der Waals surface area contributed by atoms with Gasteiger partial charge in [0.15, 0.2) is 18.7 Å². The van der Waals surface area contributed by atoms with Gasteiger partial charge in [-0.2, -0.15) is 0 Å². The minimum absolute atomic E-state index is 0.218. The first-order valence-corrected chi connectivity index (χ1v) is 9.11. The summed E-state index contributed by atoms with van der Waals surface area (Å²) in [5, 5.41) is 10.7. The highest BCUT2D eigenvalue weighted by atomic mass is 16.8. The van der Waals surface area contributed by atoms with E-state index in [4.69, 9.17) is 23.7 Å². The molecule has 28 heavy (non-hydrogen) atoms. The Balaban J connectivity index is 1.56. The Labute approximate surface area is 162 Å². The van der Waals surface area contributed by atoms with Crippen LogP contribution in [0, 0.1) is 0 Å². The fourth-order valence-corrected chi connectivity index (χ4v) is 3.44. The minimum atomic E-state index is -1.20. The number of ether oxygens (including phenoxy) is 5. The van der Waals surface area contributed by atoms with Crippen LogP contribution < -0.4 is 0 Å². The van der Waals surface area contributed by atoms with E-state index >= 15 is 0 Å². The normalized spacial score (nSPS) is 32.4. The maximum atomic E-state index is 12.6. The van der Waals surface area contributed by atoms with Gasteiger partial charge in [-0.3, -0.25) is 0 Å². The van der Waals surface area contributed by atoms with Crippen LogP contribution in [0.3, 0.4) is 0 Å². The molecule has 0 aromatic heterocycles. The summed E-state index contributed by atoms with van der Waals surface area (Å²) in [5.41, 5.74) is 1.22. The predicted molar refractivity (Wildman–Crippen MR) is 97.3 cm³/mol. The summed E-state index contributed by atoms with van der Waals surface area (Å²) in [6, 6.07) is 18.0. The zero-order valence-corrected chi connectivity index (χ0v) is 15.3. The van der Waals surface area contributed by atoms with E-state index in [0.29, 0.717) is 5.56 Å². The lowest BCUT2D eigenvalue weighted by atomic mass is 9.97. The zero-order valence-electron chi connectivity index (χ0n) is 15.3. The largest absolute Gasteiger partial charge is 0.453 e. The highest BCUT2D eigenvalue weighted by Crippen LogP contribution is 2.35. The lowest BCUT2D eigenvalue weighted by Crippen LogP contribution is -2.63. The number of benzene rings is 2. The van der Waals surface area contributed by atoms with E-state index in [1.165, 1.54) is 7.11 Å². The third-order valence-electron chi connectivity index (χ3n) is 4.86. The van der Waals surface area contributed by atoms with Crippen LogP contribution in [0.2, 0.25) is 0 Å². The first-order valence-electron chi connectivity index (χ1n) is 9.11. The fourth-order valence-electron chi connectivity index (χ4n) is 3.44. The van der Waals surface area contributed by atoms with E-state index in [1.54, 1.807) is 24.3 Å². The molecule has 2 fully saturated rings. The highest BCUT2D eigenvalue weighted by Gasteiger charge is 2.51. The molecule has 0 aliphatic carbocycles. The smallest absolute Gasteiger partial charge is 0.338 e. The van der Waals surface area contributed by atoms with Crippen molar-refractivity contribution in [1.29, 1.82) is 0 Å². The Kier molecular flexibility index (Phi) is 5.70. The number of aliphatic hydroxyl groups is 1. The molecule has 2 saturated heterocycles. The van der Waals surface area contributed by atoms with E-state index in [2.05, 4.69) is 0 Å². The van der Waals surface area contributed by atoms with Crippen LogP contribution in [0.25, 0.3) is 0 Å². The molecule has 2 aliphatic rings. The van der Waals surface area contributed by atoms with Gasteiger partial charge >= 0.3 is 5.97 Å². The van der Waals surface area contributed by atoms with Gasteiger partial charge in [-0.25, -0.2) is 4.79 Å². The molecule has 2 aromatic rings. The molecule has 0 bridgehead atoms. The molecule has 1 N–H and O–H groups in total.